The third kappa shape index (κ3) is 4.24. The van der Waals surface area contributed by atoms with Crippen LogP contribution in [0.1, 0.15) is 60.7 Å². The van der Waals surface area contributed by atoms with Crippen molar-refractivity contribution in [3.05, 3.63) is 70.8 Å². The van der Waals surface area contributed by atoms with Gasteiger partial charge in [-0.1, -0.05) is 57.2 Å². The lowest BCUT2D eigenvalue weighted by Crippen LogP contribution is -2.12. The minimum absolute atomic E-state index is 0.0214. The fourth-order valence-corrected chi connectivity index (χ4v) is 2.68. The summed E-state index contributed by atoms with van der Waals surface area (Å²) in [6.07, 6.45) is 0. The van der Waals surface area contributed by atoms with Gasteiger partial charge in [0, 0.05) is 5.92 Å². The van der Waals surface area contributed by atoms with Gasteiger partial charge in [-0.25, -0.2) is 4.79 Å². The lowest BCUT2D eigenvalue weighted by molar-refractivity contribution is 0.0526. The van der Waals surface area contributed by atoms with E-state index in [1.807, 2.05) is 12.1 Å². The van der Waals surface area contributed by atoms with E-state index in [1.54, 1.807) is 19.1 Å². The maximum Gasteiger partial charge on any atom is 0.338 e. The number of carbonyl (C=O) groups is 1. The Labute approximate surface area is 144 Å². The standard InChI is InChI=1S/C21H26O3/c1-5-24-20(23)17-8-6-15(7-9-17)19(14-22)16-10-12-18(13-11-16)21(2,3)4/h6-13,19,22H,5,14H2,1-4H3/t19-/m1/s1. The highest BCUT2D eigenvalue weighted by atomic mass is 16.5. The Bertz CT molecular complexity index is 664. The number of benzene rings is 2. The molecule has 0 radical (unpaired) electrons. The number of aliphatic hydroxyl groups excluding tert-OH is 1. The molecule has 0 aromatic heterocycles. The Morgan fingerprint density at radius 2 is 1.50 bits per heavy atom. The first kappa shape index (κ1) is 18.2. The van der Waals surface area contributed by atoms with Crippen LogP contribution in [0.3, 0.4) is 0 Å². The van der Waals surface area contributed by atoms with E-state index in [2.05, 4.69) is 45.0 Å². The summed E-state index contributed by atoms with van der Waals surface area (Å²) in [4.78, 5) is 11.7. The normalized spacial score (nSPS) is 12.7. The van der Waals surface area contributed by atoms with Gasteiger partial charge < -0.3 is 9.84 Å². The Kier molecular flexibility index (Phi) is 5.79. The molecule has 0 aliphatic carbocycles. The zero-order valence-electron chi connectivity index (χ0n) is 14.9. The van der Waals surface area contributed by atoms with Crippen LogP contribution in [0.4, 0.5) is 0 Å². The van der Waals surface area contributed by atoms with Crippen LogP contribution in [0.15, 0.2) is 48.5 Å². The van der Waals surface area contributed by atoms with Crippen LogP contribution in [-0.2, 0) is 10.2 Å². The van der Waals surface area contributed by atoms with E-state index >= 15 is 0 Å². The molecule has 1 atom stereocenters. The SMILES string of the molecule is CCOC(=O)c1ccc([C@@H](CO)c2ccc(C(C)(C)C)cc2)cc1. The van der Waals surface area contributed by atoms with Gasteiger partial charge in [0.05, 0.1) is 18.8 Å². The van der Waals surface area contributed by atoms with Gasteiger partial charge in [0.25, 0.3) is 0 Å². The maximum atomic E-state index is 11.7. The summed E-state index contributed by atoms with van der Waals surface area (Å²) in [5, 5.41) is 9.83. The van der Waals surface area contributed by atoms with Crippen molar-refractivity contribution in [2.45, 2.75) is 39.0 Å². The number of rotatable bonds is 5. The molecule has 0 saturated carbocycles. The average Bonchev–Trinajstić information content (AvgIpc) is 2.56. The summed E-state index contributed by atoms with van der Waals surface area (Å²) >= 11 is 0. The molecule has 128 valence electrons. The van der Waals surface area contributed by atoms with Gasteiger partial charge in [0.1, 0.15) is 0 Å². The lowest BCUT2D eigenvalue weighted by Gasteiger charge is -2.21. The van der Waals surface area contributed by atoms with Crippen LogP contribution >= 0.6 is 0 Å². The van der Waals surface area contributed by atoms with Crippen LogP contribution in [0.2, 0.25) is 0 Å². The Morgan fingerprint density at radius 3 is 1.92 bits per heavy atom. The Hall–Kier alpha value is -2.13. The summed E-state index contributed by atoms with van der Waals surface area (Å²) in [7, 11) is 0. The lowest BCUT2D eigenvalue weighted by atomic mass is 9.84. The Morgan fingerprint density at radius 1 is 1.00 bits per heavy atom. The average molecular weight is 326 g/mol. The van der Waals surface area contributed by atoms with Crippen LogP contribution in [0.25, 0.3) is 0 Å². The van der Waals surface area contributed by atoms with Gasteiger partial charge in [0.2, 0.25) is 0 Å². The Balaban J connectivity index is 2.23. The van der Waals surface area contributed by atoms with Crippen LogP contribution in [0, 0.1) is 0 Å². The summed E-state index contributed by atoms with van der Waals surface area (Å²) < 4.78 is 5.00. The van der Waals surface area contributed by atoms with Crippen molar-refractivity contribution in [2.75, 3.05) is 13.2 Å². The monoisotopic (exact) mass is 326 g/mol. The van der Waals surface area contributed by atoms with E-state index in [0.717, 1.165) is 11.1 Å². The van der Waals surface area contributed by atoms with Crippen molar-refractivity contribution in [2.24, 2.45) is 0 Å². The third-order valence-electron chi connectivity index (χ3n) is 4.19. The summed E-state index contributed by atoms with van der Waals surface area (Å²) in [5.41, 5.74) is 3.94. The molecule has 3 nitrogen and oxygen atoms in total. The predicted octanol–water partition coefficient (Wildman–Crippen LogP) is 4.29. The van der Waals surface area contributed by atoms with Gasteiger partial charge in [-0.05, 0) is 41.2 Å². The van der Waals surface area contributed by atoms with E-state index < -0.39 is 0 Å². The molecule has 2 aromatic carbocycles. The summed E-state index contributed by atoms with van der Waals surface area (Å²) in [6, 6.07) is 15.6. The minimum Gasteiger partial charge on any atom is -0.462 e. The largest absolute Gasteiger partial charge is 0.462 e. The first-order valence-electron chi connectivity index (χ1n) is 8.35. The van der Waals surface area contributed by atoms with E-state index in [4.69, 9.17) is 4.74 Å². The van der Waals surface area contributed by atoms with Crippen molar-refractivity contribution < 1.29 is 14.6 Å². The fourth-order valence-electron chi connectivity index (χ4n) is 2.68. The second-order valence-electron chi connectivity index (χ2n) is 6.95. The van der Waals surface area contributed by atoms with Gasteiger partial charge in [-0.15, -0.1) is 0 Å². The molecule has 0 spiro atoms. The highest BCUT2D eigenvalue weighted by Crippen LogP contribution is 2.28. The first-order chi connectivity index (χ1) is 11.4. The molecule has 2 rings (SSSR count). The maximum absolute atomic E-state index is 11.7. The third-order valence-corrected chi connectivity index (χ3v) is 4.19. The van der Waals surface area contributed by atoms with Crippen molar-refractivity contribution in [1.29, 1.82) is 0 Å². The highest BCUT2D eigenvalue weighted by Gasteiger charge is 2.17. The van der Waals surface area contributed by atoms with Crippen molar-refractivity contribution in [3.8, 4) is 0 Å². The molecule has 0 fully saturated rings. The second-order valence-corrected chi connectivity index (χ2v) is 6.95. The molecular weight excluding hydrogens is 300 g/mol. The molecule has 24 heavy (non-hydrogen) atoms. The summed E-state index contributed by atoms with van der Waals surface area (Å²) in [6.45, 7) is 8.71. The highest BCUT2D eigenvalue weighted by molar-refractivity contribution is 5.89. The number of esters is 1. The molecule has 0 amide bonds. The molecular formula is C21H26O3. The van der Waals surface area contributed by atoms with E-state index in [0.29, 0.717) is 12.2 Å². The molecule has 2 aromatic rings. The molecule has 0 unspecified atom stereocenters. The second kappa shape index (κ2) is 7.63. The molecule has 0 heterocycles. The zero-order chi connectivity index (χ0) is 17.7. The quantitative estimate of drug-likeness (QED) is 0.834. The van der Waals surface area contributed by atoms with Gasteiger partial charge in [-0.2, -0.15) is 0 Å². The minimum atomic E-state index is -0.320. The number of hydrogen-bond acceptors (Lipinski definition) is 3. The van der Waals surface area contributed by atoms with Gasteiger partial charge >= 0.3 is 5.97 Å². The fraction of sp³-hybridized carbons (Fsp3) is 0.381. The van der Waals surface area contributed by atoms with Gasteiger partial charge in [0.15, 0.2) is 0 Å². The number of aliphatic hydroxyl groups is 1. The molecule has 0 aliphatic heterocycles. The summed E-state index contributed by atoms with van der Waals surface area (Å²) in [5.74, 6) is -0.422. The topological polar surface area (TPSA) is 46.5 Å². The molecule has 0 aliphatic rings. The molecule has 3 heteroatoms. The van der Waals surface area contributed by atoms with Crippen molar-refractivity contribution in [1.82, 2.24) is 0 Å². The number of ether oxygens (including phenoxy) is 1. The molecule has 0 saturated heterocycles. The van der Waals surface area contributed by atoms with E-state index in [1.165, 1.54) is 5.56 Å². The van der Waals surface area contributed by atoms with Crippen LogP contribution in [0.5, 0.6) is 0 Å². The molecule has 0 bridgehead atoms. The van der Waals surface area contributed by atoms with Crippen LogP contribution < -0.4 is 0 Å². The molecule has 1 N–H and O–H groups in total. The van der Waals surface area contributed by atoms with Crippen molar-refractivity contribution >= 4 is 5.97 Å². The van der Waals surface area contributed by atoms with Crippen molar-refractivity contribution in [3.63, 3.8) is 0 Å². The van der Waals surface area contributed by atoms with Crippen LogP contribution in [-0.4, -0.2) is 24.3 Å². The number of carbonyl (C=O) groups excluding carboxylic acids is 1. The zero-order valence-corrected chi connectivity index (χ0v) is 14.9. The predicted molar refractivity (Wildman–Crippen MR) is 96.5 cm³/mol. The smallest absolute Gasteiger partial charge is 0.338 e. The van der Waals surface area contributed by atoms with E-state index in [9.17, 15) is 9.90 Å². The van der Waals surface area contributed by atoms with Gasteiger partial charge in [-0.3, -0.25) is 0 Å². The van der Waals surface area contributed by atoms with E-state index in [-0.39, 0.29) is 23.9 Å². The first-order valence-corrected chi connectivity index (χ1v) is 8.35. The number of hydrogen-bond donors (Lipinski definition) is 1.